The average Bonchev–Trinajstić information content (AvgIpc) is 3.04. The molecule has 0 bridgehead atoms. The number of methoxy groups -OCH3 is 1. The van der Waals surface area contributed by atoms with E-state index in [4.69, 9.17) is 4.74 Å². The predicted molar refractivity (Wildman–Crippen MR) is 120 cm³/mol. The van der Waals surface area contributed by atoms with Crippen molar-refractivity contribution in [3.05, 3.63) is 89.5 Å². The van der Waals surface area contributed by atoms with Crippen molar-refractivity contribution in [2.45, 2.75) is 13.5 Å². The Balaban J connectivity index is 1.91. The first-order valence-corrected chi connectivity index (χ1v) is 9.87. The number of aromatic hydroxyl groups is 1. The maximum atomic E-state index is 12.6. The van der Waals surface area contributed by atoms with E-state index in [1.54, 1.807) is 6.07 Å². The first kappa shape index (κ1) is 18.3. The number of hydrogen-bond donors (Lipinski definition) is 1. The number of aryl methyl sites for hydroxylation is 1. The second-order valence-corrected chi connectivity index (χ2v) is 7.64. The Morgan fingerprint density at radius 2 is 1.70 bits per heavy atom. The van der Waals surface area contributed by atoms with Crippen LogP contribution in [0.4, 0.5) is 0 Å². The zero-order valence-corrected chi connectivity index (χ0v) is 16.8. The van der Waals surface area contributed by atoms with Crippen LogP contribution in [-0.4, -0.2) is 22.8 Å². The summed E-state index contributed by atoms with van der Waals surface area (Å²) in [6, 6.07) is 24.2. The van der Waals surface area contributed by atoms with Gasteiger partial charge in [0.05, 0.1) is 18.1 Å². The highest BCUT2D eigenvalue weighted by atomic mass is 16.5. The standard InChI is InChI=1S/C26H21NO3/c1-16-6-5-7-17(12-16)15-27-21-10-11-23(28)25(26(29)30-2)24(21)20-13-18-8-3-4-9-19(18)14-22(20)27/h3-14,28H,15H2,1-2H3. The lowest BCUT2D eigenvalue weighted by Crippen LogP contribution is -2.03. The molecule has 4 heteroatoms. The van der Waals surface area contributed by atoms with Crippen LogP contribution in [-0.2, 0) is 11.3 Å². The van der Waals surface area contributed by atoms with Gasteiger partial charge in [0, 0.05) is 17.3 Å². The van der Waals surface area contributed by atoms with Crippen LogP contribution < -0.4 is 0 Å². The molecule has 0 unspecified atom stereocenters. The van der Waals surface area contributed by atoms with Gasteiger partial charge in [-0.3, -0.25) is 0 Å². The Hall–Kier alpha value is -3.79. The molecule has 4 aromatic carbocycles. The molecule has 1 aromatic heterocycles. The molecule has 0 aliphatic rings. The molecule has 0 aliphatic carbocycles. The quantitative estimate of drug-likeness (QED) is 0.393. The molecule has 0 spiro atoms. The molecule has 5 aromatic rings. The molecule has 0 saturated heterocycles. The maximum Gasteiger partial charge on any atom is 0.342 e. The normalized spacial score (nSPS) is 11.4. The van der Waals surface area contributed by atoms with Crippen LogP contribution in [0.2, 0.25) is 0 Å². The molecular weight excluding hydrogens is 374 g/mol. The lowest BCUT2D eigenvalue weighted by molar-refractivity contribution is 0.0600. The van der Waals surface area contributed by atoms with Gasteiger partial charge < -0.3 is 14.4 Å². The smallest absolute Gasteiger partial charge is 0.342 e. The average molecular weight is 395 g/mol. The summed E-state index contributed by atoms with van der Waals surface area (Å²) in [7, 11) is 1.34. The molecule has 0 amide bonds. The highest BCUT2D eigenvalue weighted by molar-refractivity contribution is 6.20. The Labute approximate surface area is 173 Å². The van der Waals surface area contributed by atoms with Gasteiger partial charge in [-0.2, -0.15) is 0 Å². The van der Waals surface area contributed by atoms with Gasteiger partial charge in [-0.05, 0) is 47.5 Å². The van der Waals surface area contributed by atoms with Gasteiger partial charge in [0.1, 0.15) is 11.3 Å². The van der Waals surface area contributed by atoms with Crippen LogP contribution in [0, 0.1) is 6.92 Å². The molecular formula is C26H21NO3. The van der Waals surface area contributed by atoms with E-state index in [1.807, 2.05) is 18.2 Å². The van der Waals surface area contributed by atoms with Crippen molar-refractivity contribution < 1.29 is 14.6 Å². The maximum absolute atomic E-state index is 12.6. The molecule has 0 aliphatic heterocycles. The first-order valence-electron chi connectivity index (χ1n) is 9.87. The van der Waals surface area contributed by atoms with E-state index in [0.717, 1.165) is 32.6 Å². The minimum Gasteiger partial charge on any atom is -0.507 e. The highest BCUT2D eigenvalue weighted by Gasteiger charge is 2.22. The van der Waals surface area contributed by atoms with Gasteiger partial charge in [-0.1, -0.05) is 54.1 Å². The van der Waals surface area contributed by atoms with Crippen molar-refractivity contribution in [3.8, 4) is 5.75 Å². The number of fused-ring (bicyclic) bond motifs is 4. The van der Waals surface area contributed by atoms with E-state index in [0.29, 0.717) is 6.54 Å². The third-order valence-corrected chi connectivity index (χ3v) is 5.69. The molecule has 0 radical (unpaired) electrons. The fourth-order valence-corrected chi connectivity index (χ4v) is 4.33. The van der Waals surface area contributed by atoms with Crippen molar-refractivity contribution in [1.29, 1.82) is 0 Å². The Morgan fingerprint density at radius 1 is 0.933 bits per heavy atom. The second kappa shape index (κ2) is 6.92. The molecule has 5 rings (SSSR count). The van der Waals surface area contributed by atoms with Gasteiger partial charge in [0.2, 0.25) is 0 Å². The number of carbonyl (C=O) groups is 1. The van der Waals surface area contributed by atoms with Crippen LogP contribution in [0.15, 0.2) is 72.8 Å². The van der Waals surface area contributed by atoms with Crippen LogP contribution in [0.25, 0.3) is 32.6 Å². The number of phenolic OH excluding ortho intramolecular Hbond substituents is 1. The number of benzene rings is 4. The van der Waals surface area contributed by atoms with Crippen molar-refractivity contribution in [2.75, 3.05) is 7.11 Å². The summed E-state index contributed by atoms with van der Waals surface area (Å²) in [4.78, 5) is 12.6. The van der Waals surface area contributed by atoms with Crippen LogP contribution in [0.3, 0.4) is 0 Å². The Bertz CT molecular complexity index is 1450. The van der Waals surface area contributed by atoms with Gasteiger partial charge >= 0.3 is 5.97 Å². The zero-order chi connectivity index (χ0) is 20.8. The summed E-state index contributed by atoms with van der Waals surface area (Å²) in [6.07, 6.45) is 0. The second-order valence-electron chi connectivity index (χ2n) is 7.64. The molecule has 1 heterocycles. The number of hydrogen-bond acceptors (Lipinski definition) is 3. The third kappa shape index (κ3) is 2.80. The third-order valence-electron chi connectivity index (χ3n) is 5.69. The fraction of sp³-hybridized carbons (Fsp3) is 0.115. The molecule has 0 saturated carbocycles. The lowest BCUT2D eigenvalue weighted by atomic mass is 10.0. The summed E-state index contributed by atoms with van der Waals surface area (Å²) in [6.45, 7) is 2.74. The first-order chi connectivity index (χ1) is 14.6. The molecule has 148 valence electrons. The summed E-state index contributed by atoms with van der Waals surface area (Å²) in [5, 5.41) is 14.4. The van der Waals surface area contributed by atoms with Crippen molar-refractivity contribution in [2.24, 2.45) is 0 Å². The van der Waals surface area contributed by atoms with E-state index in [9.17, 15) is 9.90 Å². The van der Waals surface area contributed by atoms with Crippen molar-refractivity contribution >= 4 is 38.5 Å². The van der Waals surface area contributed by atoms with E-state index >= 15 is 0 Å². The summed E-state index contributed by atoms with van der Waals surface area (Å²) in [5.74, 6) is -0.613. The molecule has 30 heavy (non-hydrogen) atoms. The fourth-order valence-electron chi connectivity index (χ4n) is 4.33. The zero-order valence-electron chi connectivity index (χ0n) is 16.8. The van der Waals surface area contributed by atoms with E-state index in [2.05, 4.69) is 60.0 Å². The lowest BCUT2D eigenvalue weighted by Gasteiger charge is -2.10. The minimum atomic E-state index is -0.541. The highest BCUT2D eigenvalue weighted by Crippen LogP contribution is 2.38. The Morgan fingerprint density at radius 3 is 2.43 bits per heavy atom. The van der Waals surface area contributed by atoms with Gasteiger partial charge in [-0.15, -0.1) is 0 Å². The topological polar surface area (TPSA) is 51.5 Å². The predicted octanol–water partition coefficient (Wildman–Crippen LogP) is 5.80. The number of phenols is 1. The monoisotopic (exact) mass is 395 g/mol. The largest absolute Gasteiger partial charge is 0.507 e. The van der Waals surface area contributed by atoms with E-state index in [-0.39, 0.29) is 11.3 Å². The van der Waals surface area contributed by atoms with E-state index < -0.39 is 5.97 Å². The van der Waals surface area contributed by atoms with Crippen LogP contribution in [0.5, 0.6) is 5.75 Å². The van der Waals surface area contributed by atoms with Gasteiger partial charge in [-0.25, -0.2) is 4.79 Å². The number of nitrogens with zero attached hydrogens (tertiary/aromatic N) is 1. The number of carbonyl (C=O) groups excluding carboxylic acids is 1. The van der Waals surface area contributed by atoms with Gasteiger partial charge in [0.25, 0.3) is 0 Å². The van der Waals surface area contributed by atoms with Crippen LogP contribution in [0.1, 0.15) is 21.5 Å². The summed E-state index contributed by atoms with van der Waals surface area (Å²) < 4.78 is 7.20. The molecule has 1 N–H and O–H groups in total. The molecule has 4 nitrogen and oxygen atoms in total. The van der Waals surface area contributed by atoms with E-state index in [1.165, 1.54) is 18.2 Å². The molecule has 0 fully saturated rings. The minimum absolute atomic E-state index is 0.0721. The Kier molecular flexibility index (Phi) is 4.21. The number of ether oxygens (including phenoxy) is 1. The number of rotatable bonds is 3. The summed E-state index contributed by atoms with van der Waals surface area (Å²) >= 11 is 0. The summed E-state index contributed by atoms with van der Waals surface area (Å²) in [5.41, 5.74) is 4.49. The molecule has 0 atom stereocenters. The van der Waals surface area contributed by atoms with Crippen molar-refractivity contribution in [1.82, 2.24) is 4.57 Å². The van der Waals surface area contributed by atoms with Crippen LogP contribution >= 0.6 is 0 Å². The number of aromatic nitrogens is 1. The number of esters is 1. The van der Waals surface area contributed by atoms with Crippen molar-refractivity contribution in [3.63, 3.8) is 0 Å². The van der Waals surface area contributed by atoms with Gasteiger partial charge in [0.15, 0.2) is 0 Å². The SMILES string of the molecule is COC(=O)c1c(O)ccc2c1c1cc3ccccc3cc1n2Cc1cccc(C)c1.